The van der Waals surface area contributed by atoms with E-state index >= 15 is 0 Å². The number of carbonyl (C=O) groups is 1. The van der Waals surface area contributed by atoms with E-state index in [0.29, 0.717) is 28.1 Å². The van der Waals surface area contributed by atoms with Gasteiger partial charge in [-0.2, -0.15) is 0 Å². The average Bonchev–Trinajstić information content (AvgIpc) is 2.93. The summed E-state index contributed by atoms with van der Waals surface area (Å²) in [5, 5.41) is 0.691. The standard InChI is InChI=1S/C14H13Cl2NO3/c1-17(8-10-4-3-7-19-10)13(18)9-20-12-6-2-5-11(15)14(12)16/h2-7H,8-9H2,1H3. The Morgan fingerprint density at radius 2 is 2.10 bits per heavy atom. The molecule has 0 bridgehead atoms. The number of halogens is 2. The third-order valence-electron chi connectivity index (χ3n) is 2.67. The highest BCUT2D eigenvalue weighted by Gasteiger charge is 2.13. The topological polar surface area (TPSA) is 42.7 Å². The summed E-state index contributed by atoms with van der Waals surface area (Å²) >= 11 is 11.8. The fourth-order valence-electron chi connectivity index (χ4n) is 1.57. The first-order chi connectivity index (χ1) is 9.58. The van der Waals surface area contributed by atoms with E-state index in [9.17, 15) is 4.79 Å². The number of benzene rings is 1. The summed E-state index contributed by atoms with van der Waals surface area (Å²) in [6.45, 7) is 0.274. The van der Waals surface area contributed by atoms with Crippen LogP contribution in [0, 0.1) is 0 Å². The van der Waals surface area contributed by atoms with Crippen LogP contribution in [0.3, 0.4) is 0 Å². The predicted molar refractivity (Wildman–Crippen MR) is 77.1 cm³/mol. The Labute approximate surface area is 126 Å². The molecule has 2 rings (SSSR count). The Balaban J connectivity index is 1.90. The van der Waals surface area contributed by atoms with E-state index in [1.165, 1.54) is 4.90 Å². The van der Waals surface area contributed by atoms with Gasteiger partial charge in [-0.3, -0.25) is 4.79 Å². The third kappa shape index (κ3) is 3.68. The van der Waals surface area contributed by atoms with Gasteiger partial charge in [-0.05, 0) is 24.3 Å². The smallest absolute Gasteiger partial charge is 0.260 e. The minimum absolute atomic E-state index is 0.114. The normalized spacial score (nSPS) is 10.3. The molecule has 0 N–H and O–H groups in total. The Morgan fingerprint density at radius 3 is 2.80 bits per heavy atom. The molecular formula is C14H13Cl2NO3. The lowest BCUT2D eigenvalue weighted by atomic mass is 10.3. The monoisotopic (exact) mass is 313 g/mol. The van der Waals surface area contributed by atoms with Crippen molar-refractivity contribution in [1.82, 2.24) is 4.90 Å². The lowest BCUT2D eigenvalue weighted by Crippen LogP contribution is -2.30. The van der Waals surface area contributed by atoms with Crippen molar-refractivity contribution in [2.24, 2.45) is 0 Å². The van der Waals surface area contributed by atoms with Gasteiger partial charge in [0.2, 0.25) is 0 Å². The van der Waals surface area contributed by atoms with Gasteiger partial charge in [0.05, 0.1) is 17.8 Å². The Bertz CT molecular complexity index is 584. The second-order valence-corrected chi connectivity index (χ2v) is 4.95. The number of hydrogen-bond acceptors (Lipinski definition) is 3. The number of carbonyl (C=O) groups excluding carboxylic acids is 1. The Hall–Kier alpha value is -1.65. The molecule has 0 fully saturated rings. The zero-order valence-electron chi connectivity index (χ0n) is 10.8. The molecule has 1 aromatic carbocycles. The number of amides is 1. The maximum atomic E-state index is 11.9. The fourth-order valence-corrected chi connectivity index (χ4v) is 1.92. The van der Waals surface area contributed by atoms with Gasteiger partial charge in [0.25, 0.3) is 5.91 Å². The van der Waals surface area contributed by atoms with Crippen molar-refractivity contribution < 1.29 is 13.9 Å². The maximum absolute atomic E-state index is 11.9. The molecule has 2 aromatic rings. The first-order valence-electron chi connectivity index (χ1n) is 5.91. The van der Waals surface area contributed by atoms with Crippen LogP contribution in [0.5, 0.6) is 5.75 Å². The van der Waals surface area contributed by atoms with Crippen molar-refractivity contribution >= 4 is 29.1 Å². The highest BCUT2D eigenvalue weighted by atomic mass is 35.5. The SMILES string of the molecule is CN(Cc1ccco1)C(=O)COc1cccc(Cl)c1Cl. The van der Waals surface area contributed by atoms with Crippen LogP contribution in [0.1, 0.15) is 5.76 Å². The van der Waals surface area contributed by atoms with Crippen molar-refractivity contribution in [2.45, 2.75) is 6.54 Å². The maximum Gasteiger partial charge on any atom is 0.260 e. The second kappa shape index (κ2) is 6.68. The third-order valence-corrected chi connectivity index (χ3v) is 3.47. The molecule has 0 saturated heterocycles. The first-order valence-corrected chi connectivity index (χ1v) is 6.66. The van der Waals surface area contributed by atoms with Gasteiger partial charge in [-0.15, -0.1) is 0 Å². The molecule has 1 amide bonds. The summed E-state index contributed by atoms with van der Waals surface area (Å²) in [7, 11) is 1.67. The molecule has 1 aromatic heterocycles. The first kappa shape index (κ1) is 14.8. The van der Waals surface area contributed by atoms with Gasteiger partial charge >= 0.3 is 0 Å². The molecule has 20 heavy (non-hydrogen) atoms. The molecule has 6 heteroatoms. The number of likely N-dealkylation sites (N-methyl/N-ethyl adjacent to an activating group) is 1. The quantitative estimate of drug-likeness (QED) is 0.846. The number of rotatable bonds is 5. The highest BCUT2D eigenvalue weighted by Crippen LogP contribution is 2.31. The zero-order chi connectivity index (χ0) is 14.5. The van der Waals surface area contributed by atoms with Crippen molar-refractivity contribution in [1.29, 1.82) is 0 Å². The molecular weight excluding hydrogens is 301 g/mol. The highest BCUT2D eigenvalue weighted by molar-refractivity contribution is 6.42. The Morgan fingerprint density at radius 1 is 1.30 bits per heavy atom. The summed E-state index contributed by atoms with van der Waals surface area (Å²) in [6.07, 6.45) is 1.57. The van der Waals surface area contributed by atoms with Crippen LogP contribution in [0.2, 0.25) is 10.0 Å². The fraction of sp³-hybridized carbons (Fsp3) is 0.214. The van der Waals surface area contributed by atoms with Crippen LogP contribution in [-0.2, 0) is 11.3 Å². The molecule has 0 spiro atoms. The van der Waals surface area contributed by atoms with Gasteiger partial charge < -0.3 is 14.1 Å². The van der Waals surface area contributed by atoms with E-state index in [1.54, 1.807) is 43.6 Å². The predicted octanol–water partition coefficient (Wildman–Crippen LogP) is 3.62. The molecule has 1 heterocycles. The summed E-state index contributed by atoms with van der Waals surface area (Å²) in [6, 6.07) is 8.60. The van der Waals surface area contributed by atoms with E-state index in [4.69, 9.17) is 32.4 Å². The van der Waals surface area contributed by atoms with Gasteiger partial charge in [0.1, 0.15) is 16.5 Å². The summed E-state index contributed by atoms with van der Waals surface area (Å²) in [5.41, 5.74) is 0. The minimum atomic E-state index is -0.183. The minimum Gasteiger partial charge on any atom is -0.482 e. The van der Waals surface area contributed by atoms with E-state index in [2.05, 4.69) is 0 Å². The number of ether oxygens (including phenoxy) is 1. The molecule has 0 radical (unpaired) electrons. The molecule has 0 unspecified atom stereocenters. The largest absolute Gasteiger partial charge is 0.482 e. The van der Waals surface area contributed by atoms with E-state index < -0.39 is 0 Å². The van der Waals surface area contributed by atoms with Crippen LogP contribution in [-0.4, -0.2) is 24.5 Å². The van der Waals surface area contributed by atoms with Crippen LogP contribution in [0.25, 0.3) is 0 Å². The lowest BCUT2D eigenvalue weighted by Gasteiger charge is -2.16. The van der Waals surface area contributed by atoms with Gasteiger partial charge in [0, 0.05) is 7.05 Å². The van der Waals surface area contributed by atoms with Crippen molar-refractivity contribution in [2.75, 3.05) is 13.7 Å². The van der Waals surface area contributed by atoms with Crippen LogP contribution >= 0.6 is 23.2 Å². The average molecular weight is 314 g/mol. The van der Waals surface area contributed by atoms with E-state index in [1.807, 2.05) is 0 Å². The molecule has 0 aliphatic rings. The number of furan rings is 1. The molecule has 4 nitrogen and oxygen atoms in total. The second-order valence-electron chi connectivity index (χ2n) is 4.17. The molecule has 106 valence electrons. The van der Waals surface area contributed by atoms with Crippen molar-refractivity contribution in [3.63, 3.8) is 0 Å². The summed E-state index contributed by atoms with van der Waals surface area (Å²) < 4.78 is 10.6. The van der Waals surface area contributed by atoms with Crippen LogP contribution in [0.15, 0.2) is 41.0 Å². The number of hydrogen-bond donors (Lipinski definition) is 0. The Kier molecular flexibility index (Phi) is 4.93. The summed E-state index contributed by atoms with van der Waals surface area (Å²) in [5.74, 6) is 0.915. The van der Waals surface area contributed by atoms with Gasteiger partial charge in [0.15, 0.2) is 6.61 Å². The van der Waals surface area contributed by atoms with Gasteiger partial charge in [-0.25, -0.2) is 0 Å². The van der Waals surface area contributed by atoms with Crippen molar-refractivity contribution in [3.05, 3.63) is 52.4 Å². The molecule has 0 atom stereocenters. The van der Waals surface area contributed by atoms with Gasteiger partial charge in [-0.1, -0.05) is 29.3 Å². The lowest BCUT2D eigenvalue weighted by molar-refractivity contribution is -0.132. The summed E-state index contributed by atoms with van der Waals surface area (Å²) in [4.78, 5) is 13.4. The molecule has 0 aliphatic carbocycles. The van der Waals surface area contributed by atoms with Crippen LogP contribution < -0.4 is 4.74 Å². The van der Waals surface area contributed by atoms with Crippen molar-refractivity contribution in [3.8, 4) is 5.75 Å². The van der Waals surface area contributed by atoms with Crippen LogP contribution in [0.4, 0.5) is 0 Å². The number of nitrogens with zero attached hydrogens (tertiary/aromatic N) is 1. The van der Waals surface area contributed by atoms with E-state index in [-0.39, 0.29) is 12.5 Å². The molecule has 0 saturated carbocycles. The van der Waals surface area contributed by atoms with E-state index in [0.717, 1.165) is 0 Å². The molecule has 0 aliphatic heterocycles. The zero-order valence-corrected chi connectivity index (χ0v) is 12.3.